The highest BCUT2D eigenvalue weighted by Crippen LogP contribution is 2.30. The number of nitrogens with zero attached hydrogens (tertiary/aromatic N) is 3. The quantitative estimate of drug-likeness (QED) is 0.107. The van der Waals surface area contributed by atoms with Gasteiger partial charge < -0.3 is 40.1 Å². The number of methoxy groups -OCH3 is 1. The second-order valence-electron chi connectivity index (χ2n) is 18.2. The molecule has 6 amide bonds. The molecule has 66 heavy (non-hydrogen) atoms. The van der Waals surface area contributed by atoms with E-state index >= 15 is 0 Å². The molecule has 0 bridgehead atoms. The van der Waals surface area contributed by atoms with Crippen molar-refractivity contribution in [2.45, 2.75) is 103 Å². The van der Waals surface area contributed by atoms with Crippen LogP contribution in [-0.4, -0.2) is 91.6 Å². The van der Waals surface area contributed by atoms with Crippen molar-refractivity contribution in [3.8, 4) is 0 Å². The maximum absolute atomic E-state index is 14.1. The van der Waals surface area contributed by atoms with Crippen molar-refractivity contribution in [3.63, 3.8) is 0 Å². The van der Waals surface area contributed by atoms with Gasteiger partial charge in [0.15, 0.2) is 0 Å². The van der Waals surface area contributed by atoms with Crippen LogP contribution in [0.1, 0.15) is 82.0 Å². The lowest BCUT2D eigenvalue weighted by molar-refractivity contribution is -0.142. The highest BCUT2D eigenvalue weighted by atomic mass is 16.5. The molecule has 4 N–H and O–H groups in total. The molecule has 3 saturated heterocycles. The molecule has 3 heterocycles. The third kappa shape index (κ3) is 11.7. The molecule has 0 aliphatic carbocycles. The first-order valence-corrected chi connectivity index (χ1v) is 22.8. The average Bonchev–Trinajstić information content (AvgIpc) is 4.14. The van der Waals surface area contributed by atoms with Crippen molar-refractivity contribution in [1.29, 1.82) is 0 Å². The van der Waals surface area contributed by atoms with E-state index in [1.54, 1.807) is 37.8 Å². The van der Waals surface area contributed by atoms with Crippen LogP contribution in [0.4, 0.5) is 21.9 Å². The van der Waals surface area contributed by atoms with E-state index in [9.17, 15) is 28.8 Å². The summed E-state index contributed by atoms with van der Waals surface area (Å²) in [4.78, 5) is 85.6. The van der Waals surface area contributed by atoms with Crippen molar-refractivity contribution < 1.29 is 38.2 Å². The number of rotatable bonds is 15. The van der Waals surface area contributed by atoms with Gasteiger partial charge in [0.1, 0.15) is 30.3 Å². The van der Waals surface area contributed by atoms with E-state index < -0.39 is 53.6 Å². The fraction of sp³-hybridized carbons (Fsp3) is 0.412. The van der Waals surface area contributed by atoms with Gasteiger partial charge in [0.05, 0.1) is 7.11 Å². The Labute approximate surface area is 386 Å². The number of imide groups is 1. The van der Waals surface area contributed by atoms with E-state index in [0.717, 1.165) is 35.3 Å². The van der Waals surface area contributed by atoms with E-state index in [2.05, 4.69) is 50.4 Å². The van der Waals surface area contributed by atoms with Gasteiger partial charge in [-0.05, 0) is 97.0 Å². The van der Waals surface area contributed by atoms with Crippen LogP contribution in [0.3, 0.4) is 0 Å². The van der Waals surface area contributed by atoms with Crippen LogP contribution in [0.25, 0.3) is 0 Å². The van der Waals surface area contributed by atoms with Crippen molar-refractivity contribution in [2.75, 3.05) is 41.9 Å². The van der Waals surface area contributed by atoms with Crippen LogP contribution in [0, 0.1) is 5.41 Å². The molecule has 0 unspecified atom stereocenters. The predicted octanol–water partition coefficient (Wildman–Crippen LogP) is 6.24. The zero-order valence-electron chi connectivity index (χ0n) is 38.2. The summed E-state index contributed by atoms with van der Waals surface area (Å²) in [5.74, 6) is -1.93. The van der Waals surface area contributed by atoms with Gasteiger partial charge in [0.25, 0.3) is 0 Å². The number of alkyl carbamates (subject to hydrolysis) is 1. The molecule has 0 radical (unpaired) electrons. The number of nitrogens with one attached hydrogen (secondary N) is 4. The van der Waals surface area contributed by atoms with Crippen LogP contribution >= 0.6 is 0 Å². The fourth-order valence-electron chi connectivity index (χ4n) is 8.93. The Bertz CT molecular complexity index is 2320. The molecule has 3 aliphatic heterocycles. The van der Waals surface area contributed by atoms with Crippen molar-refractivity contribution in [1.82, 2.24) is 20.9 Å². The van der Waals surface area contributed by atoms with Crippen LogP contribution < -0.4 is 31.1 Å². The number of carbonyl (C=O) groups excluding carboxylic acids is 6. The van der Waals surface area contributed by atoms with Crippen molar-refractivity contribution >= 4 is 52.7 Å². The van der Waals surface area contributed by atoms with Gasteiger partial charge in [0.2, 0.25) is 29.5 Å². The molecule has 0 aromatic heterocycles. The number of likely N-dealkylation sites (tertiary alicyclic amines) is 1. The molecule has 348 valence electrons. The van der Waals surface area contributed by atoms with Crippen molar-refractivity contribution in [3.05, 3.63) is 126 Å². The van der Waals surface area contributed by atoms with Gasteiger partial charge in [0, 0.05) is 49.8 Å². The lowest BCUT2D eigenvalue weighted by Crippen LogP contribution is -2.57. The zero-order chi connectivity index (χ0) is 46.8. The number of carbonyl (C=O) groups is 6. The molecule has 0 spiro atoms. The number of amides is 6. The minimum Gasteiger partial charge on any atom is -0.453 e. The van der Waals surface area contributed by atoms with E-state index in [0.29, 0.717) is 69.7 Å². The van der Waals surface area contributed by atoms with Crippen molar-refractivity contribution in [2.24, 2.45) is 5.41 Å². The SMILES string of the molecule is COC(=O)N[C@H](C(=O)NC(=O)[C@@H]1CCCN1c1ccc(CN(Cc2ccc(NC(=O)[C@@H]3CCCN3C(=O)[C@H](NC(=O)[C@@H]3CCCO3)c3ccccc3)cc2)c2ccccc2)cc1)C(C)(C)C. The number of benzene rings is 4. The summed E-state index contributed by atoms with van der Waals surface area (Å²) in [7, 11) is 1.22. The molecular weight excluding hydrogens is 839 g/mol. The summed E-state index contributed by atoms with van der Waals surface area (Å²) >= 11 is 0. The summed E-state index contributed by atoms with van der Waals surface area (Å²) in [6.07, 6.45) is 2.59. The topological polar surface area (TPSA) is 179 Å². The third-order valence-corrected chi connectivity index (χ3v) is 12.5. The molecule has 5 atom stereocenters. The molecule has 4 aromatic carbocycles. The molecule has 15 heteroatoms. The second kappa shape index (κ2) is 21.5. The highest BCUT2D eigenvalue weighted by molar-refractivity contribution is 6.02. The van der Waals surface area contributed by atoms with Gasteiger partial charge >= 0.3 is 6.09 Å². The highest BCUT2D eigenvalue weighted by Gasteiger charge is 2.40. The maximum Gasteiger partial charge on any atom is 0.407 e. The smallest absolute Gasteiger partial charge is 0.407 e. The Morgan fingerprint density at radius 1 is 0.712 bits per heavy atom. The van der Waals surface area contributed by atoms with Crippen LogP contribution in [0.5, 0.6) is 0 Å². The third-order valence-electron chi connectivity index (χ3n) is 12.5. The fourth-order valence-corrected chi connectivity index (χ4v) is 8.93. The predicted molar refractivity (Wildman–Crippen MR) is 251 cm³/mol. The minimum absolute atomic E-state index is 0.281. The summed E-state index contributed by atoms with van der Waals surface area (Å²) in [6, 6.07) is 31.9. The second-order valence-corrected chi connectivity index (χ2v) is 18.2. The molecule has 7 rings (SSSR count). The standard InChI is InChI=1S/C51H61N7O8/c1-51(2,3)44(54-50(64)65-4)48(62)55-46(60)40-18-11-29-57(40)39-27-23-35(24-28-39)33-56(38-16-9-6-10-17-38)32-34-21-25-37(26-22-34)52-45(59)41-19-12-30-58(41)49(63)43(36-14-7-5-8-15-36)53-47(61)42-20-13-31-66-42/h5-10,14-17,21-28,40-44H,11-13,18-20,29-33H2,1-4H3,(H,52,59)(H,53,61)(H,54,64)(H,55,60,62)/t40-,41-,42-,43+,44+/m0/s1. The molecule has 4 aromatic rings. The molecule has 15 nitrogen and oxygen atoms in total. The molecule has 0 saturated carbocycles. The number of hydrogen-bond donors (Lipinski definition) is 4. The summed E-state index contributed by atoms with van der Waals surface area (Å²) in [5, 5.41) is 11.0. The lowest BCUT2D eigenvalue weighted by atomic mass is 9.86. The largest absolute Gasteiger partial charge is 0.453 e. The Hall–Kier alpha value is -6.74. The summed E-state index contributed by atoms with van der Waals surface area (Å²) in [5.41, 5.74) is 4.57. The monoisotopic (exact) mass is 899 g/mol. The Morgan fingerprint density at radius 3 is 1.95 bits per heavy atom. The first-order chi connectivity index (χ1) is 31.8. The van der Waals surface area contributed by atoms with Crippen LogP contribution in [-0.2, 0) is 46.5 Å². The van der Waals surface area contributed by atoms with E-state index in [1.807, 2.05) is 77.7 Å². The first-order valence-electron chi connectivity index (χ1n) is 22.8. The van der Waals surface area contributed by atoms with E-state index in [4.69, 9.17) is 9.47 Å². The Balaban J connectivity index is 0.978. The zero-order valence-corrected chi connectivity index (χ0v) is 38.2. The Morgan fingerprint density at radius 2 is 1.33 bits per heavy atom. The number of hydrogen-bond acceptors (Lipinski definition) is 10. The summed E-state index contributed by atoms with van der Waals surface area (Å²) < 4.78 is 10.3. The van der Waals surface area contributed by atoms with Gasteiger partial charge in [-0.3, -0.25) is 29.3 Å². The molecule has 3 aliphatic rings. The summed E-state index contributed by atoms with van der Waals surface area (Å²) in [6.45, 7) is 8.14. The average molecular weight is 900 g/mol. The van der Waals surface area contributed by atoms with Gasteiger partial charge in [-0.25, -0.2) is 4.79 Å². The minimum atomic E-state index is -0.972. The number of para-hydroxylation sites is 1. The van der Waals surface area contributed by atoms with Gasteiger partial charge in [-0.2, -0.15) is 0 Å². The maximum atomic E-state index is 14.1. The number of ether oxygens (including phenoxy) is 2. The first kappa shape index (κ1) is 47.2. The van der Waals surface area contributed by atoms with Crippen LogP contribution in [0.2, 0.25) is 0 Å². The van der Waals surface area contributed by atoms with Crippen LogP contribution in [0.15, 0.2) is 109 Å². The number of anilines is 3. The van der Waals surface area contributed by atoms with Gasteiger partial charge in [-0.15, -0.1) is 0 Å². The Kier molecular flexibility index (Phi) is 15.4. The molecular formula is C51H61N7O8. The van der Waals surface area contributed by atoms with E-state index in [-0.39, 0.29) is 17.7 Å². The molecule has 3 fully saturated rings. The van der Waals surface area contributed by atoms with Gasteiger partial charge in [-0.1, -0.05) is 93.6 Å². The van der Waals surface area contributed by atoms with E-state index in [1.165, 1.54) is 7.11 Å². The lowest BCUT2D eigenvalue weighted by Gasteiger charge is -2.31. The normalized spacial score (nSPS) is 19.1.